The summed E-state index contributed by atoms with van der Waals surface area (Å²) >= 11 is 0. The summed E-state index contributed by atoms with van der Waals surface area (Å²) in [6.45, 7) is 1.82. The summed E-state index contributed by atoms with van der Waals surface area (Å²) in [7, 11) is 0. The number of primary amides is 1. The molecule has 0 saturated heterocycles. The average molecular weight is 368 g/mol. The molecular weight excluding hydrogens is 347 g/mol. The Balaban J connectivity index is 1.96. The Bertz CT molecular complexity index is 1050. The lowest BCUT2D eigenvalue weighted by molar-refractivity contribution is -0.120. The smallest absolute Gasteiger partial charge is 0.254 e. The zero-order valence-electron chi connectivity index (χ0n) is 14.9. The van der Waals surface area contributed by atoms with Crippen molar-refractivity contribution in [2.75, 3.05) is 0 Å². The van der Waals surface area contributed by atoms with Crippen LogP contribution in [-0.2, 0) is 4.79 Å². The monoisotopic (exact) mass is 368 g/mol. The molecule has 0 aliphatic rings. The number of amides is 1. The van der Waals surface area contributed by atoms with Gasteiger partial charge in [0.15, 0.2) is 0 Å². The second kappa shape index (κ2) is 7.72. The molecule has 0 spiro atoms. The third kappa shape index (κ3) is 3.90. The molecule has 3 aromatic rings. The lowest BCUT2D eigenvalue weighted by atomic mass is 9.91. The maximum absolute atomic E-state index is 14.0. The number of fused-ring (bicyclic) bond motifs is 1. The molecule has 0 saturated carbocycles. The van der Waals surface area contributed by atoms with Crippen LogP contribution >= 0.6 is 0 Å². The lowest BCUT2D eigenvalue weighted by Gasteiger charge is -2.20. The Morgan fingerprint density at radius 2 is 2.00 bits per heavy atom. The van der Waals surface area contributed by atoms with Crippen molar-refractivity contribution in [3.05, 3.63) is 70.3 Å². The van der Waals surface area contributed by atoms with E-state index < -0.39 is 23.5 Å². The van der Waals surface area contributed by atoms with Crippen molar-refractivity contribution in [1.82, 2.24) is 4.98 Å². The SMILES string of the molecule is CCC(CC(N)=O)C(O)c1ccc(-c2ccc3cccc(F)c3c2)[nH]c1=O. The fraction of sp³-hybridized carbons (Fsp3) is 0.238. The second-order valence-electron chi connectivity index (χ2n) is 6.62. The summed E-state index contributed by atoms with van der Waals surface area (Å²) in [5.41, 5.74) is 6.13. The van der Waals surface area contributed by atoms with Crippen molar-refractivity contribution in [3.8, 4) is 11.3 Å². The van der Waals surface area contributed by atoms with E-state index in [4.69, 9.17) is 5.73 Å². The zero-order chi connectivity index (χ0) is 19.6. The van der Waals surface area contributed by atoms with Gasteiger partial charge in [-0.05, 0) is 41.1 Å². The van der Waals surface area contributed by atoms with Gasteiger partial charge < -0.3 is 15.8 Å². The Morgan fingerprint density at radius 3 is 2.67 bits per heavy atom. The number of hydrogen-bond donors (Lipinski definition) is 3. The molecular formula is C21H21FN2O3. The summed E-state index contributed by atoms with van der Waals surface area (Å²) in [5, 5.41) is 11.7. The molecule has 4 N–H and O–H groups in total. The zero-order valence-corrected chi connectivity index (χ0v) is 14.9. The van der Waals surface area contributed by atoms with Gasteiger partial charge in [0.2, 0.25) is 5.91 Å². The average Bonchev–Trinajstić information content (AvgIpc) is 2.65. The molecule has 0 aliphatic heterocycles. The number of nitrogens with one attached hydrogen (secondary N) is 1. The molecule has 0 radical (unpaired) electrons. The number of pyridine rings is 1. The van der Waals surface area contributed by atoms with Gasteiger partial charge in [-0.1, -0.05) is 37.6 Å². The number of aromatic amines is 1. The minimum Gasteiger partial charge on any atom is -0.388 e. The summed E-state index contributed by atoms with van der Waals surface area (Å²) in [6, 6.07) is 13.3. The molecule has 5 nitrogen and oxygen atoms in total. The van der Waals surface area contributed by atoms with Crippen LogP contribution in [0.2, 0.25) is 0 Å². The van der Waals surface area contributed by atoms with E-state index in [-0.39, 0.29) is 17.8 Å². The lowest BCUT2D eigenvalue weighted by Crippen LogP contribution is -2.25. The fourth-order valence-corrected chi connectivity index (χ4v) is 3.28. The Kier molecular flexibility index (Phi) is 5.37. The third-order valence-electron chi connectivity index (χ3n) is 4.83. The quantitative estimate of drug-likeness (QED) is 0.623. The van der Waals surface area contributed by atoms with Gasteiger partial charge in [0, 0.05) is 23.1 Å². The highest BCUT2D eigenvalue weighted by molar-refractivity contribution is 5.87. The summed E-state index contributed by atoms with van der Waals surface area (Å²) in [5.74, 6) is -1.28. The fourth-order valence-electron chi connectivity index (χ4n) is 3.28. The van der Waals surface area contributed by atoms with Crippen LogP contribution in [0.25, 0.3) is 22.0 Å². The number of carbonyl (C=O) groups is 1. The predicted octanol–water partition coefficient (Wildman–Crippen LogP) is 3.27. The number of H-pyrrole nitrogens is 1. The van der Waals surface area contributed by atoms with Crippen LogP contribution in [-0.4, -0.2) is 16.0 Å². The highest BCUT2D eigenvalue weighted by Crippen LogP contribution is 2.28. The number of aromatic nitrogens is 1. The summed E-state index contributed by atoms with van der Waals surface area (Å²) < 4.78 is 14.0. The van der Waals surface area contributed by atoms with Gasteiger partial charge in [-0.3, -0.25) is 9.59 Å². The van der Waals surface area contributed by atoms with Gasteiger partial charge in [0.1, 0.15) is 5.82 Å². The van der Waals surface area contributed by atoms with Crippen LogP contribution in [0.3, 0.4) is 0 Å². The van der Waals surface area contributed by atoms with Crippen molar-refractivity contribution >= 4 is 16.7 Å². The van der Waals surface area contributed by atoms with E-state index in [2.05, 4.69) is 4.98 Å². The number of rotatable bonds is 6. The molecule has 2 unspecified atom stereocenters. The Labute approximate surface area is 155 Å². The van der Waals surface area contributed by atoms with Gasteiger partial charge in [0.05, 0.1) is 6.10 Å². The molecule has 0 bridgehead atoms. The Morgan fingerprint density at radius 1 is 1.22 bits per heavy atom. The Hall–Kier alpha value is -2.99. The summed E-state index contributed by atoms with van der Waals surface area (Å²) in [4.78, 5) is 26.4. The van der Waals surface area contributed by atoms with Crippen molar-refractivity contribution in [3.63, 3.8) is 0 Å². The highest BCUT2D eigenvalue weighted by Gasteiger charge is 2.23. The molecule has 140 valence electrons. The van der Waals surface area contributed by atoms with E-state index in [9.17, 15) is 19.1 Å². The number of aliphatic hydroxyl groups is 1. The van der Waals surface area contributed by atoms with Gasteiger partial charge in [-0.25, -0.2) is 4.39 Å². The van der Waals surface area contributed by atoms with Gasteiger partial charge >= 0.3 is 0 Å². The second-order valence-corrected chi connectivity index (χ2v) is 6.62. The first-order chi connectivity index (χ1) is 12.9. The minimum absolute atomic E-state index is 0.00279. The normalized spacial score (nSPS) is 13.4. The molecule has 0 aliphatic carbocycles. The molecule has 1 heterocycles. The summed E-state index contributed by atoms with van der Waals surface area (Å²) in [6.07, 6.45) is -0.577. The van der Waals surface area contributed by atoms with Crippen molar-refractivity contribution in [2.45, 2.75) is 25.9 Å². The van der Waals surface area contributed by atoms with E-state index in [1.807, 2.05) is 13.0 Å². The van der Waals surface area contributed by atoms with Gasteiger partial charge in [-0.2, -0.15) is 0 Å². The van der Waals surface area contributed by atoms with Crippen LogP contribution in [0.15, 0.2) is 53.3 Å². The van der Waals surface area contributed by atoms with Crippen LogP contribution in [0.5, 0.6) is 0 Å². The number of carbonyl (C=O) groups excluding carboxylic acids is 1. The van der Waals surface area contributed by atoms with E-state index in [0.29, 0.717) is 23.1 Å². The number of halogens is 1. The van der Waals surface area contributed by atoms with Crippen molar-refractivity contribution < 1.29 is 14.3 Å². The van der Waals surface area contributed by atoms with Crippen molar-refractivity contribution in [2.24, 2.45) is 11.7 Å². The van der Waals surface area contributed by atoms with Gasteiger partial charge in [-0.15, -0.1) is 0 Å². The predicted molar refractivity (Wildman–Crippen MR) is 103 cm³/mol. The number of aliphatic hydroxyl groups excluding tert-OH is 1. The minimum atomic E-state index is -1.09. The molecule has 2 aromatic carbocycles. The molecule has 1 amide bonds. The molecule has 0 fully saturated rings. The van der Waals surface area contributed by atoms with Gasteiger partial charge in [0.25, 0.3) is 5.56 Å². The maximum Gasteiger partial charge on any atom is 0.254 e. The molecule has 27 heavy (non-hydrogen) atoms. The number of hydrogen-bond acceptors (Lipinski definition) is 3. The van der Waals surface area contributed by atoms with Crippen LogP contribution < -0.4 is 11.3 Å². The van der Waals surface area contributed by atoms with Crippen LogP contribution in [0.4, 0.5) is 4.39 Å². The first-order valence-electron chi connectivity index (χ1n) is 8.79. The first kappa shape index (κ1) is 18.8. The van der Waals surface area contributed by atoms with E-state index in [1.165, 1.54) is 12.1 Å². The number of benzene rings is 2. The largest absolute Gasteiger partial charge is 0.388 e. The van der Waals surface area contributed by atoms with Crippen LogP contribution in [0, 0.1) is 11.7 Å². The highest BCUT2D eigenvalue weighted by atomic mass is 19.1. The third-order valence-corrected chi connectivity index (χ3v) is 4.83. The molecule has 3 rings (SSSR count). The van der Waals surface area contributed by atoms with E-state index >= 15 is 0 Å². The molecule has 6 heteroatoms. The van der Waals surface area contributed by atoms with E-state index in [0.717, 1.165) is 5.39 Å². The maximum atomic E-state index is 14.0. The molecule has 2 atom stereocenters. The first-order valence-corrected chi connectivity index (χ1v) is 8.79. The van der Waals surface area contributed by atoms with Crippen molar-refractivity contribution in [1.29, 1.82) is 0 Å². The standard InChI is InChI=1S/C21H21FN2O3/c1-2-12(11-19(23)25)20(26)15-8-9-18(24-21(15)27)14-7-6-13-4-3-5-17(22)16(13)10-14/h3-10,12,20,26H,2,11H2,1H3,(H2,23,25)(H,24,27). The topological polar surface area (TPSA) is 96.2 Å². The number of nitrogens with two attached hydrogens (primary N) is 1. The van der Waals surface area contributed by atoms with Crippen LogP contribution in [0.1, 0.15) is 31.4 Å². The van der Waals surface area contributed by atoms with E-state index in [1.54, 1.807) is 30.3 Å². The molecule has 1 aromatic heterocycles.